The summed E-state index contributed by atoms with van der Waals surface area (Å²) in [6, 6.07) is 13.2. The molecule has 2 rings (SSSR count). The molecule has 0 bridgehead atoms. The molecule has 6 heteroatoms. The van der Waals surface area contributed by atoms with Crippen LogP contribution in [0, 0.1) is 0 Å². The number of alkyl halides is 3. The van der Waals surface area contributed by atoms with Gasteiger partial charge in [-0.3, -0.25) is 0 Å². The lowest BCUT2D eigenvalue weighted by atomic mass is 10.0. The lowest BCUT2D eigenvalue weighted by Crippen LogP contribution is -2.38. The second-order valence-corrected chi connectivity index (χ2v) is 4.50. The quantitative estimate of drug-likeness (QED) is 0.909. The molecule has 0 heterocycles. The molecular weight excluding hydrogens is 283 g/mol. The van der Waals surface area contributed by atoms with Crippen molar-refractivity contribution in [1.82, 2.24) is 0 Å². The van der Waals surface area contributed by atoms with Gasteiger partial charge in [0.05, 0.1) is 6.04 Å². The fourth-order valence-electron chi connectivity index (χ4n) is 1.77. The second kappa shape index (κ2) is 6.15. The number of rotatable bonds is 4. The van der Waals surface area contributed by atoms with Crippen LogP contribution in [-0.2, 0) is 0 Å². The van der Waals surface area contributed by atoms with E-state index in [0.717, 1.165) is 0 Å². The highest BCUT2D eigenvalue weighted by Crippen LogP contribution is 2.30. The molecule has 0 aliphatic rings. The fourth-order valence-corrected chi connectivity index (χ4v) is 1.77. The third-order valence-electron chi connectivity index (χ3n) is 2.92. The van der Waals surface area contributed by atoms with E-state index >= 15 is 0 Å². The molecule has 0 unspecified atom stereocenters. The molecular formula is C15H14F3NO2. The van der Waals surface area contributed by atoms with E-state index in [-0.39, 0.29) is 5.56 Å². The van der Waals surface area contributed by atoms with Gasteiger partial charge in [0.25, 0.3) is 0 Å². The van der Waals surface area contributed by atoms with Gasteiger partial charge in [0, 0.05) is 0 Å². The minimum absolute atomic E-state index is 0.181. The van der Waals surface area contributed by atoms with E-state index in [1.54, 1.807) is 24.3 Å². The van der Waals surface area contributed by atoms with E-state index < -0.39 is 18.3 Å². The van der Waals surface area contributed by atoms with Crippen LogP contribution in [0.1, 0.15) is 11.6 Å². The van der Waals surface area contributed by atoms with Crippen molar-refractivity contribution in [1.29, 1.82) is 0 Å². The molecule has 2 aromatic rings. The summed E-state index contributed by atoms with van der Waals surface area (Å²) in [7, 11) is 0. The molecule has 0 fully saturated rings. The molecule has 0 amide bonds. The van der Waals surface area contributed by atoms with E-state index in [1.165, 1.54) is 24.3 Å². The number of benzene rings is 2. The van der Waals surface area contributed by atoms with E-state index in [4.69, 9.17) is 15.6 Å². The van der Waals surface area contributed by atoms with E-state index in [0.29, 0.717) is 11.5 Å². The van der Waals surface area contributed by atoms with Crippen molar-refractivity contribution in [2.24, 2.45) is 5.73 Å². The van der Waals surface area contributed by atoms with Gasteiger partial charge in [-0.1, -0.05) is 30.3 Å². The standard InChI is InChI=1S/C15H14F3NO2/c16-15(17,18)14(20)13(19)10-6-8-12(9-7-10)21-11-4-2-1-3-5-11/h1-9,13-14,20H,19H2/t13-,14-/m0/s1. The van der Waals surface area contributed by atoms with Gasteiger partial charge in [0.1, 0.15) is 11.5 Å². The lowest BCUT2D eigenvalue weighted by Gasteiger charge is -2.21. The molecule has 0 aliphatic heterocycles. The molecule has 3 nitrogen and oxygen atoms in total. The van der Waals surface area contributed by atoms with Crippen LogP contribution in [0.15, 0.2) is 54.6 Å². The summed E-state index contributed by atoms with van der Waals surface area (Å²) in [5.41, 5.74) is 5.60. The minimum atomic E-state index is -4.75. The van der Waals surface area contributed by atoms with Crippen LogP contribution >= 0.6 is 0 Å². The first-order valence-electron chi connectivity index (χ1n) is 6.21. The minimum Gasteiger partial charge on any atom is -0.457 e. The predicted molar refractivity (Wildman–Crippen MR) is 71.9 cm³/mol. The molecule has 0 spiro atoms. The molecule has 0 aromatic heterocycles. The number of para-hydroxylation sites is 1. The van der Waals surface area contributed by atoms with Crippen molar-refractivity contribution < 1.29 is 23.0 Å². The maximum atomic E-state index is 12.4. The predicted octanol–water partition coefficient (Wildman–Crippen LogP) is 3.40. The second-order valence-electron chi connectivity index (χ2n) is 4.50. The van der Waals surface area contributed by atoms with Crippen molar-refractivity contribution in [2.75, 3.05) is 0 Å². The van der Waals surface area contributed by atoms with E-state index in [1.807, 2.05) is 6.07 Å². The van der Waals surface area contributed by atoms with Gasteiger partial charge in [-0.15, -0.1) is 0 Å². The highest BCUT2D eigenvalue weighted by molar-refractivity contribution is 5.34. The maximum Gasteiger partial charge on any atom is 0.416 e. The number of nitrogens with two attached hydrogens (primary N) is 1. The third kappa shape index (κ3) is 3.96. The van der Waals surface area contributed by atoms with Crippen molar-refractivity contribution in [3.8, 4) is 11.5 Å². The van der Waals surface area contributed by atoms with Gasteiger partial charge < -0.3 is 15.6 Å². The molecule has 21 heavy (non-hydrogen) atoms. The largest absolute Gasteiger partial charge is 0.457 e. The van der Waals surface area contributed by atoms with E-state index in [2.05, 4.69) is 0 Å². The highest BCUT2D eigenvalue weighted by atomic mass is 19.4. The first kappa shape index (κ1) is 15.3. The van der Waals surface area contributed by atoms with Gasteiger partial charge in [0.15, 0.2) is 6.10 Å². The summed E-state index contributed by atoms with van der Waals surface area (Å²) in [6.07, 6.45) is -7.35. The Balaban J connectivity index is 2.08. The monoisotopic (exact) mass is 297 g/mol. The number of aliphatic hydroxyl groups excluding tert-OH is 1. The van der Waals surface area contributed by atoms with Crippen molar-refractivity contribution in [3.63, 3.8) is 0 Å². The van der Waals surface area contributed by atoms with Crippen LogP contribution in [-0.4, -0.2) is 17.4 Å². The molecule has 0 saturated carbocycles. The topological polar surface area (TPSA) is 55.5 Å². The van der Waals surface area contributed by atoms with Gasteiger partial charge in [-0.25, -0.2) is 0 Å². The molecule has 2 atom stereocenters. The third-order valence-corrected chi connectivity index (χ3v) is 2.92. The van der Waals surface area contributed by atoms with Gasteiger partial charge >= 0.3 is 6.18 Å². The Morgan fingerprint density at radius 2 is 1.43 bits per heavy atom. The molecule has 0 radical (unpaired) electrons. The molecule has 3 N–H and O–H groups in total. The normalized spacial score (nSPS) is 14.5. The summed E-state index contributed by atoms with van der Waals surface area (Å²) in [5.74, 6) is 1.09. The van der Waals surface area contributed by atoms with Crippen LogP contribution in [0.3, 0.4) is 0 Å². The number of aliphatic hydroxyl groups is 1. The molecule has 112 valence electrons. The Labute approximate surface area is 119 Å². The molecule has 0 saturated heterocycles. The average Bonchev–Trinajstić information content (AvgIpc) is 2.46. The lowest BCUT2D eigenvalue weighted by molar-refractivity contribution is -0.210. The summed E-state index contributed by atoms with van der Waals surface area (Å²) < 4.78 is 42.7. The molecule has 0 aliphatic carbocycles. The van der Waals surface area contributed by atoms with Crippen molar-refractivity contribution in [3.05, 3.63) is 60.2 Å². The first-order chi connectivity index (χ1) is 9.88. The van der Waals surface area contributed by atoms with Gasteiger partial charge in [0.2, 0.25) is 0 Å². The van der Waals surface area contributed by atoms with Crippen LogP contribution < -0.4 is 10.5 Å². The zero-order valence-corrected chi connectivity index (χ0v) is 10.9. The van der Waals surface area contributed by atoms with Crippen LogP contribution in [0.25, 0.3) is 0 Å². The van der Waals surface area contributed by atoms with Gasteiger partial charge in [-0.2, -0.15) is 13.2 Å². The zero-order valence-electron chi connectivity index (χ0n) is 10.9. The summed E-state index contributed by atoms with van der Waals surface area (Å²) >= 11 is 0. The van der Waals surface area contributed by atoms with Gasteiger partial charge in [-0.05, 0) is 29.8 Å². The SMILES string of the molecule is N[C@@H](c1ccc(Oc2ccccc2)cc1)[C@H](O)C(F)(F)F. The Morgan fingerprint density at radius 1 is 0.905 bits per heavy atom. The molecule has 2 aromatic carbocycles. The zero-order chi connectivity index (χ0) is 15.5. The van der Waals surface area contributed by atoms with Crippen LogP contribution in [0.4, 0.5) is 13.2 Å². The summed E-state index contributed by atoms with van der Waals surface area (Å²) in [6.45, 7) is 0. The maximum absolute atomic E-state index is 12.4. The number of ether oxygens (including phenoxy) is 1. The Morgan fingerprint density at radius 3 is 1.95 bits per heavy atom. The first-order valence-corrected chi connectivity index (χ1v) is 6.21. The Bertz CT molecular complexity index is 570. The Hall–Kier alpha value is -2.05. The van der Waals surface area contributed by atoms with Crippen molar-refractivity contribution in [2.45, 2.75) is 18.3 Å². The average molecular weight is 297 g/mol. The summed E-state index contributed by atoms with van der Waals surface area (Å²) in [4.78, 5) is 0. The van der Waals surface area contributed by atoms with E-state index in [9.17, 15) is 13.2 Å². The number of halogens is 3. The van der Waals surface area contributed by atoms with Crippen LogP contribution in [0.5, 0.6) is 11.5 Å². The van der Waals surface area contributed by atoms with Crippen molar-refractivity contribution >= 4 is 0 Å². The van der Waals surface area contributed by atoms with Crippen LogP contribution in [0.2, 0.25) is 0 Å². The highest BCUT2D eigenvalue weighted by Gasteiger charge is 2.42. The number of hydrogen-bond acceptors (Lipinski definition) is 3. The fraction of sp³-hybridized carbons (Fsp3) is 0.200. The number of hydrogen-bond donors (Lipinski definition) is 2. The smallest absolute Gasteiger partial charge is 0.416 e. The summed E-state index contributed by atoms with van der Waals surface area (Å²) in [5, 5.41) is 9.13. The Kier molecular flexibility index (Phi) is 4.50.